The molecular formula is C35H39F2N5O4. The number of hydrogen-bond donors (Lipinski definition) is 1. The molecule has 1 atom stereocenters. The largest absolute Gasteiger partial charge is 0.385 e. The van der Waals surface area contributed by atoms with Crippen molar-refractivity contribution in [1.82, 2.24) is 19.6 Å². The lowest BCUT2D eigenvalue weighted by atomic mass is 9.87. The van der Waals surface area contributed by atoms with Gasteiger partial charge < -0.3 is 19.4 Å². The van der Waals surface area contributed by atoms with Crippen molar-refractivity contribution in [2.24, 2.45) is 5.92 Å². The van der Waals surface area contributed by atoms with E-state index in [1.165, 1.54) is 24.3 Å². The second-order valence-corrected chi connectivity index (χ2v) is 13.0. The average Bonchev–Trinajstić information content (AvgIpc) is 3.48. The van der Waals surface area contributed by atoms with Crippen molar-refractivity contribution in [1.29, 1.82) is 0 Å². The Morgan fingerprint density at radius 2 is 1.72 bits per heavy atom. The molecule has 46 heavy (non-hydrogen) atoms. The molecule has 5 heterocycles. The number of anilines is 1. The van der Waals surface area contributed by atoms with E-state index in [0.29, 0.717) is 85.8 Å². The van der Waals surface area contributed by atoms with Gasteiger partial charge in [0.2, 0.25) is 0 Å². The molecule has 3 aliphatic rings. The number of carbonyl (C=O) groups excluding carboxylic acids is 1. The number of Topliss-reactive ketones (excluding diaryl/α,β-unsaturated/α-hetero) is 1. The summed E-state index contributed by atoms with van der Waals surface area (Å²) < 4.78 is 35.2. The van der Waals surface area contributed by atoms with Gasteiger partial charge in [0, 0.05) is 66.3 Å². The third kappa shape index (κ3) is 5.86. The van der Waals surface area contributed by atoms with Crippen LogP contribution in [0.5, 0.6) is 0 Å². The molecule has 2 saturated heterocycles. The highest BCUT2D eigenvalue weighted by molar-refractivity contribution is 6.03. The number of benzene rings is 2. The zero-order valence-corrected chi connectivity index (χ0v) is 26.1. The molecule has 0 bridgehead atoms. The van der Waals surface area contributed by atoms with Crippen molar-refractivity contribution in [2.75, 3.05) is 37.6 Å². The van der Waals surface area contributed by atoms with Gasteiger partial charge in [-0.2, -0.15) is 0 Å². The second kappa shape index (κ2) is 12.7. The summed E-state index contributed by atoms with van der Waals surface area (Å²) in [7, 11) is 0. The number of aromatic nitrogens is 3. The fourth-order valence-electron chi connectivity index (χ4n) is 7.55. The smallest absolute Gasteiger partial charge is 0.257 e. The summed E-state index contributed by atoms with van der Waals surface area (Å²) in [5.74, 6) is -0.236. The van der Waals surface area contributed by atoms with Gasteiger partial charge in [-0.1, -0.05) is 5.16 Å². The molecule has 2 fully saturated rings. The molecule has 7 rings (SSSR count). The first kappa shape index (κ1) is 30.7. The monoisotopic (exact) mass is 631 g/mol. The molecule has 2 aromatic carbocycles. The number of likely N-dealkylation sites (tertiary alicyclic amines) is 1. The number of piperidine rings is 2. The summed E-state index contributed by atoms with van der Waals surface area (Å²) in [5, 5.41) is 15.3. The summed E-state index contributed by atoms with van der Waals surface area (Å²) >= 11 is 0. The van der Waals surface area contributed by atoms with Crippen LogP contribution in [0.2, 0.25) is 0 Å². The molecule has 1 N–H and O–H groups in total. The van der Waals surface area contributed by atoms with Crippen LogP contribution in [0.3, 0.4) is 0 Å². The second-order valence-electron chi connectivity index (χ2n) is 13.0. The number of nitrogens with zero attached hydrogens (tertiary/aromatic N) is 5. The molecule has 2 aromatic heterocycles. The number of ketones is 1. The molecule has 9 nitrogen and oxygen atoms in total. The topological polar surface area (TPSA) is 105 Å². The van der Waals surface area contributed by atoms with Gasteiger partial charge in [0.1, 0.15) is 23.6 Å². The van der Waals surface area contributed by atoms with Crippen molar-refractivity contribution >= 4 is 22.4 Å². The van der Waals surface area contributed by atoms with Gasteiger partial charge >= 0.3 is 0 Å². The summed E-state index contributed by atoms with van der Waals surface area (Å²) in [6, 6.07) is 8.93. The number of fused-ring (bicyclic) bond motifs is 2. The molecule has 4 aromatic rings. The van der Waals surface area contributed by atoms with Gasteiger partial charge in [0.25, 0.3) is 5.56 Å². The molecule has 0 radical (unpaired) electrons. The Labute approximate surface area is 265 Å². The van der Waals surface area contributed by atoms with Crippen molar-refractivity contribution in [3.63, 3.8) is 0 Å². The average molecular weight is 632 g/mol. The fraction of sp³-hybridized carbons (Fsp3) is 0.486. The molecular weight excluding hydrogens is 592 g/mol. The third-order valence-electron chi connectivity index (χ3n) is 10.2. The lowest BCUT2D eigenvalue weighted by Crippen LogP contribution is -2.40. The minimum Gasteiger partial charge on any atom is -0.385 e. The highest BCUT2D eigenvalue weighted by Gasteiger charge is 2.31. The quantitative estimate of drug-likeness (QED) is 0.274. The summed E-state index contributed by atoms with van der Waals surface area (Å²) in [5.41, 5.74) is 3.77. The summed E-state index contributed by atoms with van der Waals surface area (Å²) in [4.78, 5) is 36.0. The van der Waals surface area contributed by atoms with Crippen molar-refractivity contribution < 1.29 is 23.2 Å². The van der Waals surface area contributed by atoms with E-state index in [1.54, 1.807) is 16.7 Å². The van der Waals surface area contributed by atoms with Crippen LogP contribution >= 0.6 is 0 Å². The maximum absolute atomic E-state index is 14.5. The van der Waals surface area contributed by atoms with Gasteiger partial charge in [-0.25, -0.2) is 13.8 Å². The van der Waals surface area contributed by atoms with E-state index >= 15 is 0 Å². The zero-order chi connectivity index (χ0) is 31.9. The Morgan fingerprint density at radius 1 is 0.978 bits per heavy atom. The van der Waals surface area contributed by atoms with Crippen molar-refractivity contribution in [3.8, 4) is 0 Å². The molecule has 0 amide bonds. The van der Waals surface area contributed by atoms with Crippen LogP contribution in [-0.2, 0) is 13.0 Å². The molecule has 11 heteroatoms. The summed E-state index contributed by atoms with van der Waals surface area (Å²) in [6.07, 6.45) is 4.18. The number of hydrogen-bond acceptors (Lipinski definition) is 8. The van der Waals surface area contributed by atoms with Crippen LogP contribution in [0.25, 0.3) is 11.0 Å². The van der Waals surface area contributed by atoms with Gasteiger partial charge in [-0.15, -0.1) is 0 Å². The van der Waals surface area contributed by atoms with Crippen LogP contribution in [0, 0.1) is 24.5 Å². The van der Waals surface area contributed by atoms with E-state index in [4.69, 9.17) is 4.52 Å². The van der Waals surface area contributed by atoms with Crippen LogP contribution < -0.4 is 10.5 Å². The number of halogens is 2. The SMILES string of the molecule is Cc1nc2n(c(=O)c1CCN1CCC(C(=O)c3ccc(F)cc3N3CCC(c4noc5cc(F)ccc45)CC3)CC1)CCCC2O. The Hall–Kier alpha value is -3.96. The minimum absolute atomic E-state index is 0.0489. The Balaban J connectivity index is 0.979. The molecule has 1 unspecified atom stereocenters. The van der Waals surface area contributed by atoms with Crippen LogP contribution in [0.1, 0.15) is 83.7 Å². The van der Waals surface area contributed by atoms with Gasteiger partial charge in [-0.05, 0) is 95.3 Å². The standard InChI is InChI=1S/C35H39F2N5O4/c1-21-26(35(45)42-13-2-3-30(43)34(42)38-21)12-16-40-14-8-23(9-15-40)33(44)27-6-4-24(36)19-29(27)41-17-10-22(11-18-41)32-28-7-5-25(37)20-31(28)46-39-32/h4-7,19-20,22-23,30,43H,2-3,8-18H2,1H3. The van der Waals surface area contributed by atoms with Crippen molar-refractivity contribution in [2.45, 2.75) is 70.4 Å². The van der Waals surface area contributed by atoms with Crippen LogP contribution in [0.4, 0.5) is 14.5 Å². The zero-order valence-electron chi connectivity index (χ0n) is 26.1. The number of aliphatic hydroxyl groups is 1. The first-order chi connectivity index (χ1) is 22.3. The minimum atomic E-state index is -0.687. The van der Waals surface area contributed by atoms with Gasteiger partial charge in [0.15, 0.2) is 11.4 Å². The first-order valence-electron chi connectivity index (χ1n) is 16.4. The van der Waals surface area contributed by atoms with E-state index in [0.717, 1.165) is 43.4 Å². The predicted octanol–water partition coefficient (Wildman–Crippen LogP) is 5.32. The van der Waals surface area contributed by atoms with E-state index in [1.807, 2.05) is 6.92 Å². The lowest BCUT2D eigenvalue weighted by Gasteiger charge is -2.35. The Morgan fingerprint density at radius 3 is 2.50 bits per heavy atom. The van der Waals surface area contributed by atoms with Crippen LogP contribution in [0.15, 0.2) is 45.7 Å². The number of rotatable bonds is 7. The maximum Gasteiger partial charge on any atom is 0.257 e. The van der Waals surface area contributed by atoms with E-state index in [-0.39, 0.29) is 34.8 Å². The Kier molecular flexibility index (Phi) is 8.46. The highest BCUT2D eigenvalue weighted by Crippen LogP contribution is 2.36. The number of aliphatic hydroxyl groups excluding tert-OH is 1. The Bertz CT molecular complexity index is 1820. The van der Waals surface area contributed by atoms with E-state index in [2.05, 4.69) is 19.9 Å². The van der Waals surface area contributed by atoms with Gasteiger partial charge in [0.05, 0.1) is 11.4 Å². The lowest BCUT2D eigenvalue weighted by molar-refractivity contribution is 0.0841. The number of aryl methyl sites for hydroxylation is 1. The molecule has 0 spiro atoms. The van der Waals surface area contributed by atoms with Crippen LogP contribution in [-0.4, -0.2) is 63.2 Å². The summed E-state index contributed by atoms with van der Waals surface area (Å²) in [6.45, 7) is 5.88. The molecule has 0 aliphatic carbocycles. The van der Waals surface area contributed by atoms with Crippen molar-refractivity contribution in [3.05, 3.63) is 86.7 Å². The fourth-order valence-corrected chi connectivity index (χ4v) is 7.55. The van der Waals surface area contributed by atoms with Gasteiger partial charge in [-0.3, -0.25) is 14.2 Å². The third-order valence-corrected chi connectivity index (χ3v) is 10.2. The van der Waals surface area contributed by atoms with E-state index < -0.39 is 6.10 Å². The first-order valence-corrected chi connectivity index (χ1v) is 16.4. The molecule has 3 aliphatic heterocycles. The predicted molar refractivity (Wildman–Crippen MR) is 169 cm³/mol. The molecule has 242 valence electrons. The maximum atomic E-state index is 14.5. The normalized spacial score (nSPS) is 19.9. The van der Waals surface area contributed by atoms with E-state index in [9.17, 15) is 23.5 Å². The number of carbonyl (C=O) groups is 1. The highest BCUT2D eigenvalue weighted by atomic mass is 19.1. The molecule has 0 saturated carbocycles.